The molecule has 3 rings (SSSR count). The Morgan fingerprint density at radius 2 is 1.80 bits per heavy atom. The molecule has 6 heteroatoms. The number of amides is 2. The van der Waals surface area contributed by atoms with Crippen LogP contribution in [0.3, 0.4) is 0 Å². The highest BCUT2D eigenvalue weighted by Crippen LogP contribution is 2.11. The molecule has 0 bridgehead atoms. The van der Waals surface area contributed by atoms with Crippen LogP contribution in [0.5, 0.6) is 0 Å². The Balaban J connectivity index is 1.47. The van der Waals surface area contributed by atoms with E-state index in [-0.39, 0.29) is 11.8 Å². The summed E-state index contributed by atoms with van der Waals surface area (Å²) in [7, 11) is 0. The standard InChI is InChI=1S/C19H23N3O2S/c1-15(20-18(23)17-8-5-13-25-17)19(24)22-11-9-21(10-12-22)14-16-6-3-2-4-7-16/h2-8,13,15H,9-12,14H2,1H3,(H,20,23)/t15-/m1/s1. The number of thiophene rings is 1. The van der Waals surface area contributed by atoms with Crippen LogP contribution in [0.15, 0.2) is 47.8 Å². The van der Waals surface area contributed by atoms with Gasteiger partial charge in [0.15, 0.2) is 0 Å². The maximum absolute atomic E-state index is 12.6. The van der Waals surface area contributed by atoms with Crippen LogP contribution in [0, 0.1) is 0 Å². The zero-order valence-corrected chi connectivity index (χ0v) is 15.2. The summed E-state index contributed by atoms with van der Waals surface area (Å²) in [5.74, 6) is -0.192. The molecule has 1 aromatic heterocycles. The van der Waals surface area contributed by atoms with Crippen molar-refractivity contribution < 1.29 is 9.59 Å². The van der Waals surface area contributed by atoms with Gasteiger partial charge in [-0.25, -0.2) is 0 Å². The Bertz CT molecular complexity index is 695. The van der Waals surface area contributed by atoms with Gasteiger partial charge in [0.05, 0.1) is 4.88 Å². The van der Waals surface area contributed by atoms with E-state index in [0.29, 0.717) is 18.0 Å². The Hall–Kier alpha value is -2.18. The van der Waals surface area contributed by atoms with Gasteiger partial charge in [0.1, 0.15) is 6.04 Å². The third-order valence-corrected chi connectivity index (χ3v) is 5.26. The number of piperazine rings is 1. The van der Waals surface area contributed by atoms with Crippen molar-refractivity contribution in [2.75, 3.05) is 26.2 Å². The summed E-state index contributed by atoms with van der Waals surface area (Å²) in [4.78, 5) is 29.5. The number of hydrogen-bond acceptors (Lipinski definition) is 4. The fourth-order valence-electron chi connectivity index (χ4n) is 2.98. The van der Waals surface area contributed by atoms with Crippen molar-refractivity contribution >= 4 is 23.2 Å². The topological polar surface area (TPSA) is 52.7 Å². The minimum Gasteiger partial charge on any atom is -0.340 e. The van der Waals surface area contributed by atoms with Gasteiger partial charge in [-0.05, 0) is 23.9 Å². The van der Waals surface area contributed by atoms with Crippen LogP contribution in [0.2, 0.25) is 0 Å². The number of carbonyl (C=O) groups excluding carboxylic acids is 2. The summed E-state index contributed by atoms with van der Waals surface area (Å²) in [6, 6.07) is 13.5. The SMILES string of the molecule is C[C@@H](NC(=O)c1cccs1)C(=O)N1CCN(Cc2ccccc2)CC1. The molecule has 2 heterocycles. The van der Waals surface area contributed by atoms with Crippen molar-refractivity contribution in [3.05, 3.63) is 58.3 Å². The average molecular weight is 357 g/mol. The third-order valence-electron chi connectivity index (χ3n) is 4.40. The third kappa shape index (κ3) is 4.67. The Kier molecular flexibility index (Phi) is 5.83. The first-order chi connectivity index (χ1) is 12.1. The van der Waals surface area contributed by atoms with E-state index in [1.54, 1.807) is 13.0 Å². The Labute approximate surface area is 152 Å². The zero-order valence-electron chi connectivity index (χ0n) is 14.4. The van der Waals surface area contributed by atoms with Crippen LogP contribution in [-0.4, -0.2) is 53.8 Å². The highest BCUT2D eigenvalue weighted by atomic mass is 32.1. The molecule has 1 fully saturated rings. The van der Waals surface area contributed by atoms with E-state index in [9.17, 15) is 9.59 Å². The molecule has 0 unspecified atom stereocenters. The van der Waals surface area contributed by atoms with Crippen LogP contribution in [0.4, 0.5) is 0 Å². The molecule has 1 aromatic carbocycles. The van der Waals surface area contributed by atoms with Crippen LogP contribution in [0.1, 0.15) is 22.2 Å². The quantitative estimate of drug-likeness (QED) is 0.893. The van der Waals surface area contributed by atoms with Gasteiger partial charge in [0.25, 0.3) is 5.91 Å². The molecule has 1 N–H and O–H groups in total. The number of benzene rings is 1. The summed E-state index contributed by atoms with van der Waals surface area (Å²) < 4.78 is 0. The highest BCUT2D eigenvalue weighted by molar-refractivity contribution is 7.12. The lowest BCUT2D eigenvalue weighted by atomic mass is 10.2. The molecule has 1 saturated heterocycles. The second-order valence-corrected chi connectivity index (χ2v) is 7.21. The number of nitrogens with zero attached hydrogens (tertiary/aromatic N) is 2. The minimum atomic E-state index is -0.504. The van der Waals surface area contributed by atoms with Gasteiger partial charge in [-0.1, -0.05) is 36.4 Å². The Morgan fingerprint density at radius 1 is 1.08 bits per heavy atom. The molecule has 0 aliphatic carbocycles. The van der Waals surface area contributed by atoms with Crippen LogP contribution >= 0.6 is 11.3 Å². The number of nitrogens with one attached hydrogen (secondary N) is 1. The molecule has 1 aliphatic rings. The van der Waals surface area contributed by atoms with E-state index in [1.165, 1.54) is 16.9 Å². The predicted molar refractivity (Wildman–Crippen MR) is 99.5 cm³/mol. The maximum atomic E-state index is 12.6. The summed E-state index contributed by atoms with van der Waals surface area (Å²) in [6.07, 6.45) is 0. The van der Waals surface area contributed by atoms with Gasteiger partial charge in [-0.2, -0.15) is 0 Å². The molecule has 1 atom stereocenters. The lowest BCUT2D eigenvalue weighted by Crippen LogP contribution is -2.53. The zero-order chi connectivity index (χ0) is 17.6. The van der Waals surface area contributed by atoms with Crippen LogP contribution in [-0.2, 0) is 11.3 Å². The fourth-order valence-corrected chi connectivity index (χ4v) is 3.61. The lowest BCUT2D eigenvalue weighted by Gasteiger charge is -2.36. The van der Waals surface area contributed by atoms with Crippen LogP contribution in [0.25, 0.3) is 0 Å². The molecule has 132 valence electrons. The lowest BCUT2D eigenvalue weighted by molar-refractivity contribution is -0.134. The highest BCUT2D eigenvalue weighted by Gasteiger charge is 2.26. The number of rotatable bonds is 5. The van der Waals surface area contributed by atoms with Crippen molar-refractivity contribution in [3.63, 3.8) is 0 Å². The van der Waals surface area contributed by atoms with Crippen molar-refractivity contribution in [1.82, 2.24) is 15.1 Å². The molecule has 0 spiro atoms. The number of hydrogen-bond donors (Lipinski definition) is 1. The summed E-state index contributed by atoms with van der Waals surface area (Å²) in [5.41, 5.74) is 1.29. The van der Waals surface area contributed by atoms with E-state index in [4.69, 9.17) is 0 Å². The molecule has 0 saturated carbocycles. The second-order valence-electron chi connectivity index (χ2n) is 6.26. The van der Waals surface area contributed by atoms with Crippen molar-refractivity contribution in [1.29, 1.82) is 0 Å². The monoisotopic (exact) mass is 357 g/mol. The van der Waals surface area contributed by atoms with Gasteiger partial charge in [-0.3, -0.25) is 14.5 Å². The summed E-state index contributed by atoms with van der Waals surface area (Å²) in [6.45, 7) is 5.77. The Morgan fingerprint density at radius 3 is 2.44 bits per heavy atom. The van der Waals surface area contributed by atoms with Gasteiger partial charge >= 0.3 is 0 Å². The van der Waals surface area contributed by atoms with Gasteiger partial charge in [0, 0.05) is 32.7 Å². The molecular formula is C19H23N3O2S. The number of carbonyl (C=O) groups is 2. The largest absolute Gasteiger partial charge is 0.340 e. The van der Waals surface area contributed by atoms with E-state index in [0.717, 1.165) is 19.6 Å². The maximum Gasteiger partial charge on any atom is 0.261 e. The fraction of sp³-hybridized carbons (Fsp3) is 0.368. The van der Waals surface area contributed by atoms with Crippen molar-refractivity contribution in [2.24, 2.45) is 0 Å². The molecule has 25 heavy (non-hydrogen) atoms. The molecule has 1 aliphatic heterocycles. The van der Waals surface area contributed by atoms with Gasteiger partial charge < -0.3 is 10.2 Å². The van der Waals surface area contributed by atoms with Gasteiger partial charge in [-0.15, -0.1) is 11.3 Å². The van der Waals surface area contributed by atoms with E-state index in [2.05, 4.69) is 22.3 Å². The summed E-state index contributed by atoms with van der Waals surface area (Å²) >= 11 is 1.38. The first kappa shape index (κ1) is 17.6. The first-order valence-corrected chi connectivity index (χ1v) is 9.41. The molecule has 2 amide bonds. The average Bonchev–Trinajstić information content (AvgIpc) is 3.17. The molecule has 2 aromatic rings. The predicted octanol–water partition coefficient (Wildman–Crippen LogP) is 2.21. The van der Waals surface area contributed by atoms with E-state index in [1.807, 2.05) is 34.5 Å². The van der Waals surface area contributed by atoms with E-state index < -0.39 is 6.04 Å². The molecule has 0 radical (unpaired) electrons. The summed E-state index contributed by atoms with van der Waals surface area (Å²) in [5, 5.41) is 4.65. The molecule has 5 nitrogen and oxygen atoms in total. The first-order valence-electron chi connectivity index (χ1n) is 8.53. The second kappa shape index (κ2) is 8.27. The molecular weight excluding hydrogens is 334 g/mol. The van der Waals surface area contributed by atoms with E-state index >= 15 is 0 Å². The van der Waals surface area contributed by atoms with Crippen LogP contribution < -0.4 is 5.32 Å². The van der Waals surface area contributed by atoms with Crippen molar-refractivity contribution in [3.8, 4) is 0 Å². The minimum absolute atomic E-state index is 0.00994. The van der Waals surface area contributed by atoms with Gasteiger partial charge in [0.2, 0.25) is 5.91 Å². The van der Waals surface area contributed by atoms with Crippen molar-refractivity contribution in [2.45, 2.75) is 19.5 Å². The smallest absolute Gasteiger partial charge is 0.261 e. The normalized spacial score (nSPS) is 16.4.